The number of amides is 1. The van der Waals surface area contributed by atoms with Crippen LogP contribution < -0.4 is 4.74 Å². The minimum Gasteiger partial charge on any atom is -0.489 e. The monoisotopic (exact) mass is 511 g/mol. The molecule has 10 nitrogen and oxygen atoms in total. The minimum absolute atomic E-state index is 0.0679. The first-order valence-electron chi connectivity index (χ1n) is 12.1. The van der Waals surface area contributed by atoms with E-state index in [1.54, 1.807) is 37.4 Å². The fraction of sp³-hybridized carbons (Fsp3) is 0.423. The Morgan fingerprint density at radius 3 is 2.73 bits per heavy atom. The van der Waals surface area contributed by atoms with Crippen molar-refractivity contribution in [2.24, 2.45) is 13.0 Å². The van der Waals surface area contributed by atoms with Crippen LogP contribution in [0.5, 0.6) is 5.75 Å². The summed E-state index contributed by atoms with van der Waals surface area (Å²) in [6.07, 6.45) is 1.97. The van der Waals surface area contributed by atoms with Crippen molar-refractivity contribution in [1.82, 2.24) is 24.9 Å². The Kier molecular flexibility index (Phi) is 8.00. The highest BCUT2D eigenvalue weighted by atomic mass is 19.1. The van der Waals surface area contributed by atoms with Crippen molar-refractivity contribution in [3.8, 4) is 17.1 Å². The number of carbonyl (C=O) groups is 2. The molecule has 1 aliphatic rings. The fourth-order valence-electron chi connectivity index (χ4n) is 4.39. The maximum atomic E-state index is 13.9. The van der Waals surface area contributed by atoms with Crippen molar-refractivity contribution in [1.29, 1.82) is 0 Å². The van der Waals surface area contributed by atoms with Crippen LogP contribution in [0, 0.1) is 18.7 Å². The molecule has 4 rings (SSSR count). The van der Waals surface area contributed by atoms with Gasteiger partial charge in [0.05, 0.1) is 30.0 Å². The molecular formula is C26H30FN5O5. The number of carbonyl (C=O) groups excluding carboxylic acids is 1. The molecule has 2 heterocycles. The summed E-state index contributed by atoms with van der Waals surface area (Å²) in [5.41, 5.74) is 2.57. The Hall–Kier alpha value is -4.02. The van der Waals surface area contributed by atoms with Crippen molar-refractivity contribution >= 4 is 12.1 Å². The fourth-order valence-corrected chi connectivity index (χ4v) is 4.39. The quantitative estimate of drug-likeness (QED) is 0.480. The zero-order chi connectivity index (χ0) is 26.5. The summed E-state index contributed by atoms with van der Waals surface area (Å²) >= 11 is 0. The van der Waals surface area contributed by atoms with Gasteiger partial charge in [-0.25, -0.2) is 18.9 Å². The van der Waals surface area contributed by atoms with E-state index in [0.29, 0.717) is 46.9 Å². The number of rotatable bonds is 8. The van der Waals surface area contributed by atoms with Crippen LogP contribution in [0.4, 0.5) is 9.18 Å². The van der Waals surface area contributed by atoms with Crippen LogP contribution in [0.25, 0.3) is 11.4 Å². The number of benzene rings is 1. The molecule has 1 saturated carbocycles. The molecule has 1 aliphatic carbocycles. The molecule has 0 saturated heterocycles. The normalized spacial score (nSPS) is 17.3. The van der Waals surface area contributed by atoms with Crippen molar-refractivity contribution in [3.05, 3.63) is 59.2 Å². The highest BCUT2D eigenvalue weighted by Crippen LogP contribution is 2.30. The third kappa shape index (κ3) is 6.22. The summed E-state index contributed by atoms with van der Waals surface area (Å²) in [5.74, 6) is -0.972. The van der Waals surface area contributed by atoms with Crippen LogP contribution in [0.1, 0.15) is 42.6 Å². The molecule has 0 bridgehead atoms. The van der Waals surface area contributed by atoms with Gasteiger partial charge in [0.1, 0.15) is 29.6 Å². The van der Waals surface area contributed by atoms with Crippen molar-refractivity contribution in [3.63, 3.8) is 0 Å². The molecule has 0 aliphatic heterocycles. The largest absolute Gasteiger partial charge is 0.489 e. The second kappa shape index (κ2) is 11.4. The third-order valence-corrected chi connectivity index (χ3v) is 6.50. The van der Waals surface area contributed by atoms with E-state index in [2.05, 4.69) is 15.3 Å². The maximum absolute atomic E-state index is 13.9. The Labute approximate surface area is 214 Å². The van der Waals surface area contributed by atoms with E-state index in [1.807, 2.05) is 6.92 Å². The zero-order valence-electron chi connectivity index (χ0n) is 21.1. The summed E-state index contributed by atoms with van der Waals surface area (Å²) in [7, 11) is 3.22. The Morgan fingerprint density at radius 2 is 2.00 bits per heavy atom. The molecular weight excluding hydrogens is 481 g/mol. The summed E-state index contributed by atoms with van der Waals surface area (Å²) in [4.78, 5) is 29.8. The van der Waals surface area contributed by atoms with Gasteiger partial charge in [-0.3, -0.25) is 4.79 Å². The SMILES string of the molecule is Cc1nc(-c2nnn(C)c2COC(=O)N(C)Cc2ccccc2F)ccc1O[C@H]1CCC[C@H](C(=O)O)C1. The van der Waals surface area contributed by atoms with E-state index in [9.17, 15) is 19.1 Å². The number of hydrogen-bond donors (Lipinski definition) is 1. The second-order valence-electron chi connectivity index (χ2n) is 9.23. The van der Waals surface area contributed by atoms with Crippen LogP contribution in [-0.2, 0) is 29.7 Å². The number of pyridine rings is 1. The summed E-state index contributed by atoms with van der Waals surface area (Å²) in [5, 5.41) is 17.6. The molecule has 11 heteroatoms. The van der Waals surface area contributed by atoms with E-state index in [-0.39, 0.29) is 31.0 Å². The van der Waals surface area contributed by atoms with Gasteiger partial charge in [-0.15, -0.1) is 5.10 Å². The predicted octanol–water partition coefficient (Wildman–Crippen LogP) is 4.12. The highest BCUT2D eigenvalue weighted by Gasteiger charge is 2.28. The Morgan fingerprint density at radius 1 is 1.22 bits per heavy atom. The zero-order valence-corrected chi connectivity index (χ0v) is 21.1. The van der Waals surface area contributed by atoms with Crippen LogP contribution >= 0.6 is 0 Å². The van der Waals surface area contributed by atoms with Gasteiger partial charge < -0.3 is 19.5 Å². The van der Waals surface area contributed by atoms with Gasteiger partial charge in [0.2, 0.25) is 0 Å². The molecule has 1 fully saturated rings. The van der Waals surface area contributed by atoms with Gasteiger partial charge in [-0.2, -0.15) is 0 Å². The summed E-state index contributed by atoms with van der Waals surface area (Å²) in [6, 6.07) is 9.79. The van der Waals surface area contributed by atoms with Gasteiger partial charge in [0, 0.05) is 19.7 Å². The van der Waals surface area contributed by atoms with E-state index in [1.165, 1.54) is 22.7 Å². The molecule has 1 N–H and O–H groups in total. The number of aromatic nitrogens is 4. The number of ether oxygens (including phenoxy) is 2. The lowest BCUT2D eigenvalue weighted by Gasteiger charge is -2.27. The van der Waals surface area contributed by atoms with Gasteiger partial charge in [0.15, 0.2) is 0 Å². The maximum Gasteiger partial charge on any atom is 0.410 e. The molecule has 0 unspecified atom stereocenters. The lowest BCUT2D eigenvalue weighted by Crippen LogP contribution is -2.29. The standard InChI is InChI=1S/C26H30FN5O5/c1-16-23(37-19-9-6-8-17(13-19)25(33)34)12-11-21(28-16)24-22(32(3)30-29-24)15-36-26(35)31(2)14-18-7-4-5-10-20(18)27/h4-5,7,10-12,17,19H,6,8-9,13-15H2,1-3H3,(H,33,34)/t17-,19-/m0/s1. The molecule has 1 aromatic carbocycles. The summed E-state index contributed by atoms with van der Waals surface area (Å²) in [6.45, 7) is 1.78. The van der Waals surface area contributed by atoms with Crippen molar-refractivity contribution < 1.29 is 28.6 Å². The van der Waals surface area contributed by atoms with Gasteiger partial charge in [0.25, 0.3) is 0 Å². The number of carboxylic acid groups (broad SMARTS) is 1. The average Bonchev–Trinajstić information content (AvgIpc) is 3.25. The van der Waals surface area contributed by atoms with E-state index < -0.39 is 12.1 Å². The van der Waals surface area contributed by atoms with Crippen LogP contribution in [0.2, 0.25) is 0 Å². The van der Waals surface area contributed by atoms with Crippen LogP contribution in [0.3, 0.4) is 0 Å². The smallest absolute Gasteiger partial charge is 0.410 e. The van der Waals surface area contributed by atoms with E-state index in [0.717, 1.165) is 12.8 Å². The first-order chi connectivity index (χ1) is 17.7. The molecule has 1 amide bonds. The molecule has 2 atom stereocenters. The van der Waals surface area contributed by atoms with E-state index >= 15 is 0 Å². The Balaban J connectivity index is 1.41. The van der Waals surface area contributed by atoms with Crippen LogP contribution in [-0.4, -0.2) is 55.2 Å². The molecule has 37 heavy (non-hydrogen) atoms. The number of carboxylic acids is 1. The topological polar surface area (TPSA) is 120 Å². The number of nitrogens with zero attached hydrogens (tertiary/aromatic N) is 5. The first-order valence-corrected chi connectivity index (χ1v) is 12.1. The number of halogens is 1. The van der Waals surface area contributed by atoms with Gasteiger partial charge in [-0.05, 0) is 50.8 Å². The molecule has 196 valence electrons. The summed E-state index contributed by atoms with van der Waals surface area (Å²) < 4.78 is 27.0. The highest BCUT2D eigenvalue weighted by molar-refractivity contribution is 5.70. The van der Waals surface area contributed by atoms with Crippen LogP contribution in [0.15, 0.2) is 36.4 Å². The molecule has 3 aromatic rings. The predicted molar refractivity (Wildman–Crippen MR) is 131 cm³/mol. The second-order valence-corrected chi connectivity index (χ2v) is 9.23. The Bertz CT molecular complexity index is 1280. The molecule has 2 aromatic heterocycles. The van der Waals surface area contributed by atoms with Gasteiger partial charge >= 0.3 is 12.1 Å². The van der Waals surface area contributed by atoms with Crippen molar-refractivity contribution in [2.75, 3.05) is 7.05 Å². The molecule has 0 spiro atoms. The number of aryl methyl sites for hydroxylation is 2. The van der Waals surface area contributed by atoms with Gasteiger partial charge in [-0.1, -0.05) is 23.4 Å². The lowest BCUT2D eigenvalue weighted by atomic mass is 9.87. The number of aliphatic carboxylic acids is 1. The van der Waals surface area contributed by atoms with E-state index in [4.69, 9.17) is 9.47 Å². The third-order valence-electron chi connectivity index (χ3n) is 6.50. The number of hydrogen-bond acceptors (Lipinski definition) is 7. The molecule has 0 radical (unpaired) electrons. The average molecular weight is 512 g/mol. The van der Waals surface area contributed by atoms with Crippen molar-refractivity contribution in [2.45, 2.75) is 51.9 Å². The lowest BCUT2D eigenvalue weighted by molar-refractivity contribution is -0.143. The first kappa shape index (κ1) is 26.1. The minimum atomic E-state index is -0.784.